The number of thioether (sulfide) groups is 1. The van der Waals surface area contributed by atoms with Crippen LogP contribution in [0.4, 0.5) is 11.4 Å². The third-order valence-corrected chi connectivity index (χ3v) is 4.65. The molecule has 0 bridgehead atoms. The average molecular weight is 293 g/mol. The highest BCUT2D eigenvalue weighted by molar-refractivity contribution is 8.02. The molecule has 0 aliphatic rings. The molecule has 0 saturated heterocycles. The van der Waals surface area contributed by atoms with E-state index in [0.29, 0.717) is 11.4 Å². The summed E-state index contributed by atoms with van der Waals surface area (Å²) in [5, 5.41) is 4.59. The van der Waals surface area contributed by atoms with Crippen molar-refractivity contribution in [2.45, 2.75) is 23.4 Å². The molecule has 0 fully saturated rings. The van der Waals surface area contributed by atoms with Gasteiger partial charge in [0.2, 0.25) is 5.91 Å². The van der Waals surface area contributed by atoms with Crippen molar-refractivity contribution in [3.63, 3.8) is 0 Å². The van der Waals surface area contributed by atoms with Gasteiger partial charge in [0.05, 0.1) is 16.6 Å². The molecule has 2 rings (SSSR count). The van der Waals surface area contributed by atoms with Crippen LogP contribution >= 0.6 is 23.1 Å². The summed E-state index contributed by atoms with van der Waals surface area (Å²) >= 11 is 3.00. The molecule has 1 amide bonds. The van der Waals surface area contributed by atoms with Crippen LogP contribution in [0, 0.1) is 6.92 Å². The van der Waals surface area contributed by atoms with Crippen LogP contribution in [-0.4, -0.2) is 16.1 Å². The third-order valence-electron chi connectivity index (χ3n) is 2.46. The van der Waals surface area contributed by atoms with Crippen molar-refractivity contribution in [3.8, 4) is 0 Å². The molecule has 6 heteroatoms. The highest BCUT2D eigenvalue weighted by Crippen LogP contribution is 2.27. The van der Waals surface area contributed by atoms with Crippen LogP contribution in [-0.2, 0) is 4.79 Å². The molecule has 0 saturated carbocycles. The summed E-state index contributed by atoms with van der Waals surface area (Å²) in [7, 11) is 0. The zero-order valence-corrected chi connectivity index (χ0v) is 12.3. The highest BCUT2D eigenvalue weighted by Gasteiger charge is 2.16. The second-order valence-corrected chi connectivity index (χ2v) is 6.54. The minimum atomic E-state index is -0.217. The quantitative estimate of drug-likeness (QED) is 0.671. The fourth-order valence-corrected chi connectivity index (χ4v) is 3.42. The first-order valence-corrected chi connectivity index (χ1v) is 7.56. The smallest absolute Gasteiger partial charge is 0.237 e. The number of nitrogens with two attached hydrogens (primary N) is 1. The largest absolute Gasteiger partial charge is 0.397 e. The number of thiazole rings is 1. The van der Waals surface area contributed by atoms with Gasteiger partial charge >= 0.3 is 0 Å². The number of hydrogen-bond acceptors (Lipinski definition) is 5. The van der Waals surface area contributed by atoms with Crippen LogP contribution in [0.2, 0.25) is 0 Å². The molecule has 3 N–H and O–H groups in total. The summed E-state index contributed by atoms with van der Waals surface area (Å²) in [6.45, 7) is 3.80. The number of carbonyl (C=O) groups excluding carboxylic acids is 1. The molecule has 4 nitrogen and oxygen atoms in total. The SMILES string of the molecule is Cc1csc(SC(C)C(=O)Nc2ccccc2N)n1. The van der Waals surface area contributed by atoms with Crippen LogP contribution in [0.5, 0.6) is 0 Å². The number of benzene rings is 1. The number of amides is 1. The van der Waals surface area contributed by atoms with E-state index in [-0.39, 0.29) is 11.2 Å². The molecule has 1 aromatic heterocycles. The van der Waals surface area contributed by atoms with Crippen molar-refractivity contribution in [2.75, 3.05) is 11.1 Å². The normalized spacial score (nSPS) is 12.1. The number of hydrogen-bond donors (Lipinski definition) is 2. The van der Waals surface area contributed by atoms with E-state index in [4.69, 9.17) is 5.73 Å². The molecule has 1 unspecified atom stereocenters. The van der Waals surface area contributed by atoms with Crippen LogP contribution in [0.25, 0.3) is 0 Å². The van der Waals surface area contributed by atoms with Gasteiger partial charge in [-0.1, -0.05) is 23.9 Å². The summed E-state index contributed by atoms with van der Waals surface area (Å²) in [5.41, 5.74) is 7.99. The number of carbonyl (C=O) groups is 1. The van der Waals surface area contributed by atoms with Crippen molar-refractivity contribution < 1.29 is 4.79 Å². The number of aromatic nitrogens is 1. The predicted octanol–water partition coefficient (Wildman–Crippen LogP) is 3.15. The van der Waals surface area contributed by atoms with Gasteiger partial charge in [-0.2, -0.15) is 0 Å². The van der Waals surface area contributed by atoms with Crippen LogP contribution in [0.3, 0.4) is 0 Å². The van der Waals surface area contributed by atoms with Gasteiger partial charge in [-0.15, -0.1) is 11.3 Å². The topological polar surface area (TPSA) is 68.0 Å². The Balaban J connectivity index is 1.98. The lowest BCUT2D eigenvalue weighted by molar-refractivity contribution is -0.115. The molecule has 0 radical (unpaired) electrons. The van der Waals surface area contributed by atoms with E-state index in [1.807, 2.05) is 31.4 Å². The van der Waals surface area contributed by atoms with E-state index in [9.17, 15) is 4.79 Å². The van der Waals surface area contributed by atoms with Crippen LogP contribution in [0.15, 0.2) is 34.0 Å². The maximum absolute atomic E-state index is 12.1. The molecule has 100 valence electrons. The van der Waals surface area contributed by atoms with Gasteiger partial charge in [0, 0.05) is 11.1 Å². The third kappa shape index (κ3) is 3.71. The maximum atomic E-state index is 12.1. The molecule has 2 aromatic rings. The summed E-state index contributed by atoms with van der Waals surface area (Å²) in [6.07, 6.45) is 0. The Bertz CT molecular complexity index is 583. The zero-order valence-electron chi connectivity index (χ0n) is 10.7. The second kappa shape index (κ2) is 6.08. The Morgan fingerprint density at radius 3 is 2.84 bits per heavy atom. The number of rotatable bonds is 4. The maximum Gasteiger partial charge on any atom is 0.237 e. The van der Waals surface area contributed by atoms with Crippen molar-refractivity contribution >= 4 is 40.4 Å². The van der Waals surface area contributed by atoms with E-state index in [0.717, 1.165) is 10.0 Å². The lowest BCUT2D eigenvalue weighted by atomic mass is 10.2. The molecule has 1 heterocycles. The Labute approximate surface area is 120 Å². The number of nitrogens with one attached hydrogen (secondary N) is 1. The zero-order chi connectivity index (χ0) is 13.8. The fraction of sp³-hybridized carbons (Fsp3) is 0.231. The Kier molecular flexibility index (Phi) is 4.44. The van der Waals surface area contributed by atoms with Gasteiger partial charge < -0.3 is 11.1 Å². The first-order chi connectivity index (χ1) is 9.06. The van der Waals surface area contributed by atoms with Crippen molar-refractivity contribution in [2.24, 2.45) is 0 Å². The number of nitrogens with zero attached hydrogens (tertiary/aromatic N) is 1. The van der Waals surface area contributed by atoms with Crippen LogP contribution in [0.1, 0.15) is 12.6 Å². The van der Waals surface area contributed by atoms with Gasteiger partial charge in [0.15, 0.2) is 4.34 Å². The molecular formula is C13H15N3OS2. The van der Waals surface area contributed by atoms with Gasteiger partial charge in [0.1, 0.15) is 0 Å². The molecule has 19 heavy (non-hydrogen) atoms. The van der Waals surface area contributed by atoms with Crippen LogP contribution < -0.4 is 11.1 Å². The minimum absolute atomic E-state index is 0.0734. The van der Waals surface area contributed by atoms with Gasteiger partial charge in [0.25, 0.3) is 0 Å². The summed E-state index contributed by atoms with van der Waals surface area (Å²) in [5.74, 6) is -0.0734. The molecule has 0 aliphatic heterocycles. The van der Waals surface area contributed by atoms with E-state index < -0.39 is 0 Å². The highest BCUT2D eigenvalue weighted by atomic mass is 32.2. The Hall–Kier alpha value is -1.53. The van der Waals surface area contributed by atoms with Gasteiger partial charge in [-0.25, -0.2) is 4.98 Å². The number of aryl methyl sites for hydroxylation is 1. The number of anilines is 2. The van der Waals surface area contributed by atoms with Crippen molar-refractivity contribution in [3.05, 3.63) is 35.3 Å². The lowest BCUT2D eigenvalue weighted by Gasteiger charge is -2.11. The molecule has 1 atom stereocenters. The molecule has 1 aromatic carbocycles. The molecule has 0 spiro atoms. The van der Waals surface area contributed by atoms with Gasteiger partial charge in [-0.05, 0) is 26.0 Å². The fourth-order valence-electron chi connectivity index (χ4n) is 1.44. The average Bonchev–Trinajstić information content (AvgIpc) is 2.77. The molecule has 0 aliphatic carbocycles. The molecular weight excluding hydrogens is 278 g/mol. The Morgan fingerprint density at radius 2 is 2.21 bits per heavy atom. The summed E-state index contributed by atoms with van der Waals surface area (Å²) in [6, 6.07) is 7.23. The monoisotopic (exact) mass is 293 g/mol. The van der Waals surface area contributed by atoms with E-state index in [2.05, 4.69) is 10.3 Å². The predicted molar refractivity (Wildman–Crippen MR) is 81.7 cm³/mol. The number of nitrogen functional groups attached to an aromatic ring is 1. The van der Waals surface area contributed by atoms with Crippen molar-refractivity contribution in [1.29, 1.82) is 0 Å². The van der Waals surface area contributed by atoms with E-state index >= 15 is 0 Å². The van der Waals surface area contributed by atoms with Crippen molar-refractivity contribution in [1.82, 2.24) is 4.98 Å². The number of para-hydroxylation sites is 2. The van der Waals surface area contributed by atoms with E-state index in [1.165, 1.54) is 11.8 Å². The standard InChI is InChI=1S/C13H15N3OS2/c1-8-7-18-13(15-8)19-9(2)12(17)16-11-6-4-3-5-10(11)14/h3-7,9H,14H2,1-2H3,(H,16,17). The van der Waals surface area contributed by atoms with Gasteiger partial charge in [-0.3, -0.25) is 4.79 Å². The summed E-state index contributed by atoms with van der Waals surface area (Å²) in [4.78, 5) is 16.4. The minimum Gasteiger partial charge on any atom is -0.397 e. The first-order valence-electron chi connectivity index (χ1n) is 5.80. The summed E-state index contributed by atoms with van der Waals surface area (Å²) < 4.78 is 0.904. The van der Waals surface area contributed by atoms with E-state index in [1.54, 1.807) is 23.5 Å². The second-order valence-electron chi connectivity index (χ2n) is 4.09. The Morgan fingerprint density at radius 1 is 1.47 bits per heavy atom. The first kappa shape index (κ1) is 13.9. The lowest BCUT2D eigenvalue weighted by Crippen LogP contribution is -2.22.